The molecule has 0 aromatic carbocycles. The van der Waals surface area contributed by atoms with Crippen LogP contribution in [0.25, 0.3) is 5.65 Å². The second kappa shape index (κ2) is 3.42. The molecule has 0 spiro atoms. The molecule has 0 fully saturated rings. The lowest BCUT2D eigenvalue weighted by atomic mass is 10.3. The Morgan fingerprint density at radius 2 is 2.23 bits per heavy atom. The van der Waals surface area contributed by atoms with Crippen LogP contribution >= 0.6 is 11.8 Å². The third kappa shape index (κ3) is 1.70. The van der Waals surface area contributed by atoms with Crippen molar-refractivity contribution in [3.8, 4) is 0 Å². The summed E-state index contributed by atoms with van der Waals surface area (Å²) in [5.41, 5.74) is 3.45. The van der Waals surface area contributed by atoms with Crippen molar-refractivity contribution < 1.29 is 0 Å². The Kier molecular flexibility index (Phi) is 2.27. The maximum absolute atomic E-state index is 4.49. The topological polar surface area (TPSA) is 17.3 Å². The van der Waals surface area contributed by atoms with Crippen LogP contribution in [0.4, 0.5) is 0 Å². The maximum Gasteiger partial charge on any atom is 0.137 e. The first-order valence-electron chi connectivity index (χ1n) is 4.23. The first-order chi connectivity index (χ1) is 6.29. The molecule has 0 saturated heterocycles. The molecule has 0 N–H and O–H groups in total. The number of aromatic nitrogens is 2. The first kappa shape index (κ1) is 8.63. The van der Waals surface area contributed by atoms with Crippen LogP contribution in [-0.2, 0) is 5.75 Å². The highest BCUT2D eigenvalue weighted by Gasteiger charge is 1.99. The molecule has 0 aliphatic rings. The molecule has 68 valence electrons. The summed E-state index contributed by atoms with van der Waals surface area (Å²) < 4.78 is 2.08. The van der Waals surface area contributed by atoms with Gasteiger partial charge in [0, 0.05) is 18.1 Å². The van der Waals surface area contributed by atoms with Crippen molar-refractivity contribution in [2.45, 2.75) is 12.7 Å². The molecule has 2 aromatic heterocycles. The number of thioether (sulfide) groups is 1. The minimum atomic E-state index is 0.987. The number of pyridine rings is 1. The first-order valence-corrected chi connectivity index (χ1v) is 5.62. The van der Waals surface area contributed by atoms with Crippen molar-refractivity contribution in [1.82, 2.24) is 9.38 Å². The van der Waals surface area contributed by atoms with Gasteiger partial charge >= 0.3 is 0 Å². The van der Waals surface area contributed by atoms with Crippen LogP contribution in [0, 0.1) is 6.92 Å². The molecule has 0 aliphatic carbocycles. The van der Waals surface area contributed by atoms with Gasteiger partial charge in [-0.1, -0.05) is 6.07 Å². The number of hydrogen-bond acceptors (Lipinski definition) is 2. The molecular weight excluding hydrogens is 180 g/mol. The summed E-state index contributed by atoms with van der Waals surface area (Å²) >= 11 is 1.80. The van der Waals surface area contributed by atoms with Crippen LogP contribution in [0.15, 0.2) is 24.5 Å². The fraction of sp³-hybridized carbons (Fsp3) is 0.300. The molecule has 0 bridgehead atoms. The van der Waals surface area contributed by atoms with Crippen LogP contribution in [-0.4, -0.2) is 15.6 Å². The molecule has 0 atom stereocenters. The van der Waals surface area contributed by atoms with Crippen LogP contribution < -0.4 is 0 Å². The maximum atomic E-state index is 4.49. The quantitative estimate of drug-likeness (QED) is 0.727. The van der Waals surface area contributed by atoms with Gasteiger partial charge in [0.25, 0.3) is 0 Å². The van der Waals surface area contributed by atoms with Crippen molar-refractivity contribution in [2.75, 3.05) is 6.26 Å². The van der Waals surface area contributed by atoms with Gasteiger partial charge in [0.2, 0.25) is 0 Å². The van der Waals surface area contributed by atoms with E-state index in [0.29, 0.717) is 0 Å². The summed E-state index contributed by atoms with van der Waals surface area (Å²) in [7, 11) is 0. The van der Waals surface area contributed by atoms with Crippen LogP contribution in [0.3, 0.4) is 0 Å². The highest BCUT2D eigenvalue weighted by Crippen LogP contribution is 2.11. The smallest absolute Gasteiger partial charge is 0.137 e. The van der Waals surface area contributed by atoms with Crippen LogP contribution in [0.2, 0.25) is 0 Å². The Hall–Kier alpha value is -0.960. The molecule has 2 rings (SSSR count). The van der Waals surface area contributed by atoms with Gasteiger partial charge in [-0.15, -0.1) is 0 Å². The molecule has 0 aliphatic heterocycles. The van der Waals surface area contributed by atoms with Crippen LogP contribution in [0.5, 0.6) is 0 Å². The largest absolute Gasteiger partial charge is 0.307 e. The number of imidazole rings is 1. The van der Waals surface area contributed by atoms with E-state index in [0.717, 1.165) is 17.1 Å². The highest BCUT2D eigenvalue weighted by molar-refractivity contribution is 7.97. The molecule has 2 nitrogen and oxygen atoms in total. The molecule has 0 unspecified atom stereocenters. The van der Waals surface area contributed by atoms with E-state index in [-0.39, 0.29) is 0 Å². The Balaban J connectivity index is 2.49. The zero-order valence-corrected chi connectivity index (χ0v) is 8.64. The Morgan fingerprint density at radius 1 is 1.38 bits per heavy atom. The second-order valence-electron chi connectivity index (χ2n) is 3.14. The average molecular weight is 192 g/mol. The zero-order chi connectivity index (χ0) is 9.26. The lowest BCUT2D eigenvalue weighted by Crippen LogP contribution is -1.82. The van der Waals surface area contributed by atoms with Gasteiger partial charge in [0.15, 0.2) is 0 Å². The normalized spacial score (nSPS) is 10.9. The summed E-state index contributed by atoms with van der Waals surface area (Å²) in [6, 6.07) is 4.14. The summed E-state index contributed by atoms with van der Waals surface area (Å²) in [5.74, 6) is 0.987. The minimum absolute atomic E-state index is 0.987. The van der Waals surface area contributed by atoms with E-state index >= 15 is 0 Å². The van der Waals surface area contributed by atoms with E-state index in [1.54, 1.807) is 11.8 Å². The average Bonchev–Trinajstić information content (AvgIpc) is 2.46. The van der Waals surface area contributed by atoms with Crippen molar-refractivity contribution >= 4 is 17.4 Å². The van der Waals surface area contributed by atoms with Gasteiger partial charge in [-0.2, -0.15) is 11.8 Å². The zero-order valence-electron chi connectivity index (χ0n) is 7.82. The van der Waals surface area contributed by atoms with Gasteiger partial charge in [0.05, 0.1) is 5.69 Å². The van der Waals surface area contributed by atoms with E-state index in [9.17, 15) is 0 Å². The number of fused-ring (bicyclic) bond motifs is 1. The molecule has 0 radical (unpaired) electrons. The molecule has 2 heterocycles. The summed E-state index contributed by atoms with van der Waals surface area (Å²) in [6.07, 6.45) is 6.29. The Morgan fingerprint density at radius 3 is 3.00 bits per heavy atom. The summed E-state index contributed by atoms with van der Waals surface area (Å²) in [4.78, 5) is 4.49. The van der Waals surface area contributed by atoms with Crippen LogP contribution in [0.1, 0.15) is 11.3 Å². The van der Waals surface area contributed by atoms with Gasteiger partial charge in [-0.25, -0.2) is 4.98 Å². The molecular formula is C10H12N2S. The molecule has 0 saturated carbocycles. The van der Waals surface area contributed by atoms with E-state index in [1.165, 1.54) is 5.56 Å². The number of hydrogen-bond donors (Lipinski definition) is 0. The van der Waals surface area contributed by atoms with E-state index < -0.39 is 0 Å². The van der Waals surface area contributed by atoms with E-state index in [4.69, 9.17) is 0 Å². The molecule has 13 heavy (non-hydrogen) atoms. The number of nitrogens with zero attached hydrogens (tertiary/aromatic N) is 2. The van der Waals surface area contributed by atoms with Gasteiger partial charge in [-0.3, -0.25) is 0 Å². The molecule has 0 amide bonds. The Bertz CT molecular complexity index is 420. The Labute approximate surface area is 82.0 Å². The van der Waals surface area contributed by atoms with Crippen molar-refractivity contribution in [3.63, 3.8) is 0 Å². The van der Waals surface area contributed by atoms with Crippen molar-refractivity contribution in [3.05, 3.63) is 35.8 Å². The lowest BCUT2D eigenvalue weighted by molar-refractivity contribution is 1.15. The summed E-state index contributed by atoms with van der Waals surface area (Å²) in [5, 5.41) is 0. The SMILES string of the molecule is CSCc1cn2cc(C)ccc2n1. The van der Waals surface area contributed by atoms with Gasteiger partial charge in [0.1, 0.15) is 5.65 Å². The third-order valence-corrected chi connectivity index (χ3v) is 2.53. The predicted octanol–water partition coefficient (Wildman–Crippen LogP) is 2.51. The number of aryl methyl sites for hydroxylation is 1. The van der Waals surface area contributed by atoms with Crippen molar-refractivity contribution in [2.24, 2.45) is 0 Å². The number of rotatable bonds is 2. The predicted molar refractivity (Wildman–Crippen MR) is 57.1 cm³/mol. The summed E-state index contributed by atoms with van der Waals surface area (Å²) in [6.45, 7) is 2.09. The van der Waals surface area contributed by atoms with E-state index in [2.05, 4.69) is 47.1 Å². The minimum Gasteiger partial charge on any atom is -0.307 e. The van der Waals surface area contributed by atoms with Gasteiger partial charge in [-0.05, 0) is 24.8 Å². The standard InChI is InChI=1S/C10H12N2S/c1-8-3-4-10-11-9(7-13-2)6-12(10)5-8/h3-6H,7H2,1-2H3. The van der Waals surface area contributed by atoms with E-state index in [1.807, 2.05) is 0 Å². The second-order valence-corrected chi connectivity index (χ2v) is 4.00. The molecule has 3 heteroatoms. The highest BCUT2D eigenvalue weighted by atomic mass is 32.2. The lowest BCUT2D eigenvalue weighted by Gasteiger charge is -1.93. The van der Waals surface area contributed by atoms with Gasteiger partial charge < -0.3 is 4.40 Å². The monoisotopic (exact) mass is 192 g/mol. The third-order valence-electron chi connectivity index (χ3n) is 1.94. The fourth-order valence-corrected chi connectivity index (χ4v) is 1.81. The van der Waals surface area contributed by atoms with Crippen molar-refractivity contribution in [1.29, 1.82) is 0 Å². The molecule has 2 aromatic rings. The fourth-order valence-electron chi connectivity index (χ4n) is 1.37.